The van der Waals surface area contributed by atoms with Crippen LogP contribution in [0.2, 0.25) is 0 Å². The Morgan fingerprint density at radius 3 is 2.44 bits per heavy atom. The van der Waals surface area contributed by atoms with E-state index in [0.29, 0.717) is 12.5 Å². The third kappa shape index (κ3) is 3.15. The SMILES string of the molecule is CC(C)CCOc1c(F)c(F)cc(C(=O)O)c1F. The fourth-order valence-corrected chi connectivity index (χ4v) is 1.26. The van der Waals surface area contributed by atoms with Crippen LogP contribution in [0.1, 0.15) is 30.6 Å². The number of ether oxygens (including phenoxy) is 1. The first kappa shape index (κ1) is 14.3. The maximum atomic E-state index is 13.6. The molecule has 0 aliphatic carbocycles. The molecule has 0 aliphatic heterocycles. The maximum Gasteiger partial charge on any atom is 0.338 e. The number of hydrogen-bond donors (Lipinski definition) is 1. The second kappa shape index (κ2) is 5.75. The van der Waals surface area contributed by atoms with Gasteiger partial charge in [0.25, 0.3) is 0 Å². The topological polar surface area (TPSA) is 46.5 Å². The smallest absolute Gasteiger partial charge is 0.338 e. The second-order valence-electron chi connectivity index (χ2n) is 4.20. The van der Waals surface area contributed by atoms with Crippen LogP contribution in [0, 0.1) is 23.4 Å². The normalized spacial score (nSPS) is 10.8. The van der Waals surface area contributed by atoms with Gasteiger partial charge in [0.2, 0.25) is 5.82 Å². The summed E-state index contributed by atoms with van der Waals surface area (Å²) in [5.74, 6) is -6.78. The Balaban J connectivity index is 3.05. The van der Waals surface area contributed by atoms with E-state index in [9.17, 15) is 18.0 Å². The molecule has 0 saturated carbocycles. The highest BCUT2D eigenvalue weighted by molar-refractivity contribution is 5.88. The lowest BCUT2D eigenvalue weighted by Gasteiger charge is -2.11. The van der Waals surface area contributed by atoms with E-state index in [-0.39, 0.29) is 12.5 Å². The number of aromatic carboxylic acids is 1. The Bertz CT molecular complexity index is 458. The van der Waals surface area contributed by atoms with Gasteiger partial charge >= 0.3 is 5.97 Å². The van der Waals surface area contributed by atoms with Crippen molar-refractivity contribution < 1.29 is 27.8 Å². The van der Waals surface area contributed by atoms with Crippen molar-refractivity contribution in [1.82, 2.24) is 0 Å². The summed E-state index contributed by atoms with van der Waals surface area (Å²) >= 11 is 0. The van der Waals surface area contributed by atoms with Crippen LogP contribution >= 0.6 is 0 Å². The fourth-order valence-electron chi connectivity index (χ4n) is 1.26. The molecule has 1 aromatic carbocycles. The third-order valence-electron chi connectivity index (χ3n) is 2.29. The van der Waals surface area contributed by atoms with E-state index < -0.39 is 34.7 Å². The lowest BCUT2D eigenvalue weighted by atomic mass is 10.1. The van der Waals surface area contributed by atoms with Gasteiger partial charge in [-0.15, -0.1) is 0 Å². The Morgan fingerprint density at radius 1 is 1.33 bits per heavy atom. The molecule has 0 saturated heterocycles. The number of carbonyl (C=O) groups is 1. The first-order chi connectivity index (χ1) is 8.34. The van der Waals surface area contributed by atoms with E-state index in [4.69, 9.17) is 9.84 Å². The van der Waals surface area contributed by atoms with E-state index in [1.54, 1.807) is 0 Å². The van der Waals surface area contributed by atoms with Crippen molar-refractivity contribution in [1.29, 1.82) is 0 Å². The van der Waals surface area contributed by atoms with Crippen LogP contribution < -0.4 is 4.74 Å². The molecule has 0 heterocycles. The first-order valence-electron chi connectivity index (χ1n) is 5.38. The summed E-state index contributed by atoms with van der Waals surface area (Å²) in [6.07, 6.45) is 0.512. The van der Waals surface area contributed by atoms with E-state index in [1.807, 2.05) is 13.8 Å². The van der Waals surface area contributed by atoms with Crippen molar-refractivity contribution in [2.24, 2.45) is 5.92 Å². The summed E-state index contributed by atoms with van der Waals surface area (Å²) in [5, 5.41) is 8.63. The van der Waals surface area contributed by atoms with Gasteiger partial charge in [-0.05, 0) is 18.4 Å². The van der Waals surface area contributed by atoms with Crippen LogP contribution in [0.4, 0.5) is 13.2 Å². The number of rotatable bonds is 5. The molecule has 0 radical (unpaired) electrons. The molecule has 1 aromatic rings. The number of carboxylic acid groups (broad SMARTS) is 1. The molecule has 18 heavy (non-hydrogen) atoms. The van der Waals surface area contributed by atoms with Gasteiger partial charge in [0.1, 0.15) is 5.56 Å². The molecule has 0 spiro atoms. The molecule has 100 valence electrons. The number of hydrogen-bond acceptors (Lipinski definition) is 2. The van der Waals surface area contributed by atoms with E-state index in [0.717, 1.165) is 0 Å². The molecular formula is C12H13F3O3. The largest absolute Gasteiger partial charge is 0.488 e. The highest BCUT2D eigenvalue weighted by Crippen LogP contribution is 2.27. The minimum atomic E-state index is -1.68. The summed E-state index contributed by atoms with van der Waals surface area (Å²) in [6.45, 7) is 3.74. The molecule has 0 unspecified atom stereocenters. The monoisotopic (exact) mass is 262 g/mol. The Morgan fingerprint density at radius 2 is 1.94 bits per heavy atom. The second-order valence-corrected chi connectivity index (χ2v) is 4.20. The third-order valence-corrected chi connectivity index (χ3v) is 2.29. The maximum absolute atomic E-state index is 13.6. The minimum absolute atomic E-state index is 0.0198. The molecule has 0 aliphatic rings. The number of benzene rings is 1. The molecule has 1 N–H and O–H groups in total. The zero-order chi connectivity index (χ0) is 13.9. The summed E-state index contributed by atoms with van der Waals surface area (Å²) < 4.78 is 44.8. The Hall–Kier alpha value is -1.72. The fraction of sp³-hybridized carbons (Fsp3) is 0.417. The van der Waals surface area contributed by atoms with Crippen LogP contribution in [-0.2, 0) is 0 Å². The molecule has 0 bridgehead atoms. The van der Waals surface area contributed by atoms with Gasteiger partial charge in [-0.2, -0.15) is 4.39 Å². The highest BCUT2D eigenvalue weighted by atomic mass is 19.2. The van der Waals surface area contributed by atoms with E-state index >= 15 is 0 Å². The molecule has 0 aromatic heterocycles. The van der Waals surface area contributed by atoms with E-state index in [2.05, 4.69) is 0 Å². The quantitative estimate of drug-likeness (QED) is 0.829. The molecule has 0 amide bonds. The molecule has 0 fully saturated rings. The number of halogens is 3. The molecular weight excluding hydrogens is 249 g/mol. The van der Waals surface area contributed by atoms with Crippen molar-refractivity contribution in [2.45, 2.75) is 20.3 Å². The zero-order valence-corrected chi connectivity index (χ0v) is 9.97. The predicted molar refractivity (Wildman–Crippen MR) is 58.2 cm³/mol. The van der Waals surface area contributed by atoms with Gasteiger partial charge in [0.15, 0.2) is 17.4 Å². The van der Waals surface area contributed by atoms with Gasteiger partial charge in [0, 0.05) is 0 Å². The van der Waals surface area contributed by atoms with Gasteiger partial charge in [-0.1, -0.05) is 13.8 Å². The van der Waals surface area contributed by atoms with Crippen LogP contribution in [-0.4, -0.2) is 17.7 Å². The average molecular weight is 262 g/mol. The summed E-state index contributed by atoms with van der Waals surface area (Å²) in [6, 6.07) is 0.294. The first-order valence-corrected chi connectivity index (χ1v) is 5.38. The minimum Gasteiger partial charge on any atom is -0.488 e. The summed E-state index contributed by atoms with van der Waals surface area (Å²) in [5.41, 5.74) is -0.951. The lowest BCUT2D eigenvalue weighted by molar-refractivity contribution is 0.0689. The standard InChI is InChI=1S/C12H13F3O3/c1-6(2)3-4-18-11-9(14)7(12(16)17)5-8(13)10(11)15/h5-6H,3-4H2,1-2H3,(H,16,17). The zero-order valence-electron chi connectivity index (χ0n) is 9.97. The van der Waals surface area contributed by atoms with E-state index in [1.165, 1.54) is 0 Å². The van der Waals surface area contributed by atoms with Crippen LogP contribution in [0.5, 0.6) is 5.75 Å². The van der Waals surface area contributed by atoms with Gasteiger partial charge in [-0.3, -0.25) is 0 Å². The van der Waals surface area contributed by atoms with Crippen molar-refractivity contribution in [3.8, 4) is 5.75 Å². The molecule has 6 heteroatoms. The average Bonchev–Trinajstić information content (AvgIpc) is 2.27. The van der Waals surface area contributed by atoms with Crippen molar-refractivity contribution in [3.63, 3.8) is 0 Å². The Kier molecular flexibility index (Phi) is 4.58. The van der Waals surface area contributed by atoms with Crippen LogP contribution in [0.25, 0.3) is 0 Å². The Labute approximate surface area is 102 Å². The molecule has 1 rings (SSSR count). The number of carboxylic acids is 1. The van der Waals surface area contributed by atoms with Crippen LogP contribution in [0.3, 0.4) is 0 Å². The van der Waals surface area contributed by atoms with Crippen molar-refractivity contribution in [3.05, 3.63) is 29.1 Å². The van der Waals surface area contributed by atoms with Crippen molar-refractivity contribution in [2.75, 3.05) is 6.61 Å². The highest BCUT2D eigenvalue weighted by Gasteiger charge is 2.23. The van der Waals surface area contributed by atoms with Crippen molar-refractivity contribution >= 4 is 5.97 Å². The van der Waals surface area contributed by atoms with Gasteiger partial charge in [0.05, 0.1) is 6.61 Å². The summed E-state index contributed by atoms with van der Waals surface area (Å²) in [7, 11) is 0. The van der Waals surface area contributed by atoms with Gasteiger partial charge in [-0.25, -0.2) is 13.6 Å². The molecule has 0 atom stereocenters. The predicted octanol–water partition coefficient (Wildman–Crippen LogP) is 3.23. The summed E-state index contributed by atoms with van der Waals surface area (Å²) in [4.78, 5) is 10.6. The van der Waals surface area contributed by atoms with Crippen LogP contribution in [0.15, 0.2) is 6.07 Å². The van der Waals surface area contributed by atoms with Gasteiger partial charge < -0.3 is 9.84 Å². The molecule has 3 nitrogen and oxygen atoms in total. The lowest BCUT2D eigenvalue weighted by Crippen LogP contribution is -2.10.